The number of aromatic nitrogens is 2. The first kappa shape index (κ1) is 12.4. The molecular weight excluding hydrogens is 228 g/mol. The van der Waals surface area contributed by atoms with Crippen LogP contribution >= 0.6 is 0 Å². The van der Waals surface area contributed by atoms with Crippen LogP contribution in [0.15, 0.2) is 30.6 Å². The lowest BCUT2D eigenvalue weighted by molar-refractivity contribution is 0.0685. The lowest BCUT2D eigenvalue weighted by Crippen LogP contribution is -2.08. The molecule has 0 aliphatic heterocycles. The molecule has 2 rings (SSSR count). The molecule has 0 saturated heterocycles. The van der Waals surface area contributed by atoms with Gasteiger partial charge in [-0.15, -0.1) is 0 Å². The van der Waals surface area contributed by atoms with E-state index in [1.165, 1.54) is 11.1 Å². The number of imidazole rings is 1. The number of hydrogen-bond acceptors (Lipinski definition) is 2. The summed E-state index contributed by atoms with van der Waals surface area (Å²) in [6, 6.07) is 8.13. The topological polar surface area (TPSA) is 55.1 Å². The molecule has 0 fully saturated rings. The van der Waals surface area contributed by atoms with Gasteiger partial charge in [0.2, 0.25) is 0 Å². The maximum atomic E-state index is 11.1. The van der Waals surface area contributed by atoms with Crippen molar-refractivity contribution < 1.29 is 9.90 Å². The van der Waals surface area contributed by atoms with Gasteiger partial charge in [0.05, 0.1) is 12.0 Å². The maximum Gasteiger partial charge on any atom is 0.354 e. The molecule has 2 aromatic rings. The van der Waals surface area contributed by atoms with Gasteiger partial charge in [-0.25, -0.2) is 9.78 Å². The predicted molar refractivity (Wildman–Crippen MR) is 68.8 cm³/mol. The number of benzene rings is 1. The molecule has 18 heavy (non-hydrogen) atoms. The molecule has 0 spiro atoms. The van der Waals surface area contributed by atoms with E-state index in [9.17, 15) is 4.79 Å². The number of hydrogen-bond donors (Lipinski definition) is 1. The Bertz CT molecular complexity index is 573. The summed E-state index contributed by atoms with van der Waals surface area (Å²) in [6.07, 6.45) is 3.01. The van der Waals surface area contributed by atoms with Crippen LogP contribution in [0.1, 0.15) is 27.3 Å². The number of carboxylic acid groups (broad SMARTS) is 1. The smallest absolute Gasteiger partial charge is 0.354 e. The van der Waals surface area contributed by atoms with Gasteiger partial charge in [0.1, 0.15) is 5.69 Å². The number of aryl methyl sites for hydroxylation is 4. The lowest BCUT2D eigenvalue weighted by Gasteiger charge is -2.05. The molecule has 1 aromatic carbocycles. The minimum Gasteiger partial charge on any atom is -0.477 e. The lowest BCUT2D eigenvalue weighted by atomic mass is 10.0. The molecule has 94 valence electrons. The first-order chi connectivity index (χ1) is 8.59. The number of aromatic carboxylic acids is 1. The predicted octanol–water partition coefficient (Wildman–Crippen LogP) is 2.21. The molecule has 1 heterocycles. The fourth-order valence-electron chi connectivity index (χ4n) is 2.08. The zero-order valence-electron chi connectivity index (χ0n) is 10.6. The fourth-order valence-corrected chi connectivity index (χ4v) is 2.08. The van der Waals surface area contributed by atoms with Crippen molar-refractivity contribution in [2.45, 2.75) is 19.8 Å². The normalized spacial score (nSPS) is 10.6. The molecular formula is C14H16N2O2. The van der Waals surface area contributed by atoms with E-state index >= 15 is 0 Å². The van der Waals surface area contributed by atoms with Crippen LogP contribution in [0.3, 0.4) is 0 Å². The van der Waals surface area contributed by atoms with Crippen LogP contribution in [-0.4, -0.2) is 20.6 Å². The molecule has 0 atom stereocenters. The number of carbonyl (C=O) groups is 1. The number of rotatable bonds is 4. The Hall–Kier alpha value is -2.10. The van der Waals surface area contributed by atoms with Gasteiger partial charge in [0, 0.05) is 7.05 Å². The Labute approximate surface area is 106 Å². The van der Waals surface area contributed by atoms with E-state index in [2.05, 4.69) is 24.0 Å². The minimum atomic E-state index is -0.921. The highest BCUT2D eigenvalue weighted by molar-refractivity contribution is 5.87. The van der Waals surface area contributed by atoms with Gasteiger partial charge in [0.15, 0.2) is 0 Å². The van der Waals surface area contributed by atoms with Gasteiger partial charge in [-0.3, -0.25) is 0 Å². The zero-order chi connectivity index (χ0) is 13.1. The molecule has 4 heteroatoms. The van der Waals surface area contributed by atoms with Gasteiger partial charge >= 0.3 is 5.97 Å². The van der Waals surface area contributed by atoms with Gasteiger partial charge in [-0.2, -0.15) is 0 Å². The average Bonchev–Trinajstić information content (AvgIpc) is 2.69. The van der Waals surface area contributed by atoms with Crippen LogP contribution in [0.2, 0.25) is 0 Å². The van der Waals surface area contributed by atoms with Crippen molar-refractivity contribution in [1.82, 2.24) is 9.55 Å². The van der Waals surface area contributed by atoms with Gasteiger partial charge < -0.3 is 9.67 Å². The highest BCUT2D eigenvalue weighted by atomic mass is 16.4. The molecule has 1 aromatic heterocycles. The van der Waals surface area contributed by atoms with E-state index in [1.54, 1.807) is 17.9 Å². The van der Waals surface area contributed by atoms with Crippen LogP contribution in [0.5, 0.6) is 0 Å². The second kappa shape index (κ2) is 5.04. The van der Waals surface area contributed by atoms with Crippen molar-refractivity contribution in [3.05, 3.63) is 53.1 Å². The van der Waals surface area contributed by atoms with Gasteiger partial charge in [-0.05, 0) is 30.9 Å². The molecule has 4 nitrogen and oxygen atoms in total. The highest BCUT2D eigenvalue weighted by Crippen LogP contribution is 2.13. The summed E-state index contributed by atoms with van der Waals surface area (Å²) in [5.74, 6) is -0.921. The SMILES string of the molecule is Cc1ccccc1CCc1ncn(C)c1C(=O)O. The third-order valence-corrected chi connectivity index (χ3v) is 3.11. The number of carboxylic acids is 1. The van der Waals surface area contributed by atoms with E-state index in [1.807, 2.05) is 12.1 Å². The van der Waals surface area contributed by atoms with Crippen molar-refractivity contribution in [2.24, 2.45) is 7.05 Å². The van der Waals surface area contributed by atoms with Crippen LogP contribution in [0.4, 0.5) is 0 Å². The standard InChI is InChI=1S/C14H16N2O2/c1-10-5-3-4-6-11(10)7-8-12-13(14(17)18)16(2)9-15-12/h3-6,9H,7-8H2,1-2H3,(H,17,18). The van der Waals surface area contributed by atoms with E-state index in [-0.39, 0.29) is 5.69 Å². The summed E-state index contributed by atoms with van der Waals surface area (Å²) in [4.78, 5) is 15.3. The zero-order valence-corrected chi connectivity index (χ0v) is 10.6. The Morgan fingerprint density at radius 3 is 2.72 bits per heavy atom. The van der Waals surface area contributed by atoms with E-state index in [0.717, 1.165) is 6.42 Å². The minimum absolute atomic E-state index is 0.281. The summed E-state index contributed by atoms with van der Waals surface area (Å²) in [5, 5.41) is 9.13. The van der Waals surface area contributed by atoms with E-state index in [4.69, 9.17) is 5.11 Å². The van der Waals surface area contributed by atoms with Crippen LogP contribution < -0.4 is 0 Å². The largest absolute Gasteiger partial charge is 0.477 e. The first-order valence-electron chi connectivity index (χ1n) is 5.87. The van der Waals surface area contributed by atoms with Crippen LogP contribution in [0.25, 0.3) is 0 Å². The van der Waals surface area contributed by atoms with Crippen LogP contribution in [-0.2, 0) is 19.9 Å². The third kappa shape index (κ3) is 2.42. The molecule has 0 unspecified atom stereocenters. The van der Waals surface area contributed by atoms with Crippen LogP contribution in [0, 0.1) is 6.92 Å². The summed E-state index contributed by atoms with van der Waals surface area (Å²) in [7, 11) is 1.70. The van der Waals surface area contributed by atoms with Crippen molar-refractivity contribution in [3.8, 4) is 0 Å². The van der Waals surface area contributed by atoms with Gasteiger partial charge in [-0.1, -0.05) is 24.3 Å². The maximum absolute atomic E-state index is 11.1. The molecule has 0 bridgehead atoms. The second-order valence-corrected chi connectivity index (χ2v) is 4.38. The fraction of sp³-hybridized carbons (Fsp3) is 0.286. The van der Waals surface area contributed by atoms with Crippen molar-refractivity contribution in [1.29, 1.82) is 0 Å². The Kier molecular flexibility index (Phi) is 3.46. The Balaban J connectivity index is 2.16. The average molecular weight is 244 g/mol. The van der Waals surface area contributed by atoms with Crippen molar-refractivity contribution in [2.75, 3.05) is 0 Å². The quantitative estimate of drug-likeness (QED) is 0.897. The van der Waals surface area contributed by atoms with Crippen molar-refractivity contribution >= 4 is 5.97 Å². The summed E-state index contributed by atoms with van der Waals surface area (Å²) in [5.41, 5.74) is 3.39. The highest BCUT2D eigenvalue weighted by Gasteiger charge is 2.15. The molecule has 0 aliphatic carbocycles. The first-order valence-corrected chi connectivity index (χ1v) is 5.87. The van der Waals surface area contributed by atoms with E-state index in [0.29, 0.717) is 12.1 Å². The molecule has 0 radical (unpaired) electrons. The van der Waals surface area contributed by atoms with Gasteiger partial charge in [0.25, 0.3) is 0 Å². The Morgan fingerprint density at radius 2 is 2.06 bits per heavy atom. The molecule has 0 amide bonds. The Morgan fingerprint density at radius 1 is 1.33 bits per heavy atom. The molecule has 1 N–H and O–H groups in total. The third-order valence-electron chi connectivity index (χ3n) is 3.11. The summed E-state index contributed by atoms with van der Waals surface area (Å²) < 4.78 is 1.55. The second-order valence-electron chi connectivity index (χ2n) is 4.38. The van der Waals surface area contributed by atoms with E-state index < -0.39 is 5.97 Å². The number of nitrogens with zero attached hydrogens (tertiary/aromatic N) is 2. The molecule has 0 aliphatic rings. The summed E-state index contributed by atoms with van der Waals surface area (Å²) in [6.45, 7) is 2.06. The summed E-state index contributed by atoms with van der Waals surface area (Å²) >= 11 is 0. The van der Waals surface area contributed by atoms with Crippen molar-refractivity contribution in [3.63, 3.8) is 0 Å². The molecule has 0 saturated carbocycles. The monoisotopic (exact) mass is 244 g/mol.